The molecule has 4 nitrogen and oxygen atoms in total. The normalized spacial score (nSPS) is 18.2. The molecule has 1 aliphatic heterocycles. The number of benzene rings is 1. The zero-order chi connectivity index (χ0) is 13.9. The van der Waals surface area contributed by atoms with Crippen LogP contribution >= 0.6 is 0 Å². The number of amides is 1. The molecule has 2 heterocycles. The lowest BCUT2D eigenvalue weighted by Gasteiger charge is -2.16. The molecule has 0 bridgehead atoms. The Morgan fingerprint density at radius 3 is 3.00 bits per heavy atom. The molecule has 1 unspecified atom stereocenters. The number of nitrogens with zero attached hydrogens (tertiary/aromatic N) is 1. The molecule has 3 rings (SSSR count). The number of halogens is 1. The van der Waals surface area contributed by atoms with Gasteiger partial charge in [-0.15, -0.1) is 0 Å². The molecule has 1 atom stereocenters. The number of ether oxygens (including phenoxy) is 1. The Balaban J connectivity index is 1.61. The number of hydrogen-bond donors (Lipinski definition) is 0. The summed E-state index contributed by atoms with van der Waals surface area (Å²) < 4.78 is 23.9. The van der Waals surface area contributed by atoms with Crippen molar-refractivity contribution in [1.82, 2.24) is 4.90 Å². The molecule has 0 N–H and O–H groups in total. The van der Waals surface area contributed by atoms with Crippen LogP contribution in [-0.4, -0.2) is 30.0 Å². The average molecular weight is 275 g/mol. The third-order valence-corrected chi connectivity index (χ3v) is 3.26. The lowest BCUT2D eigenvalue weighted by molar-refractivity contribution is 0.0741. The summed E-state index contributed by atoms with van der Waals surface area (Å²) in [6, 6.07) is 9.35. The molecule has 2 aromatic rings. The fourth-order valence-corrected chi connectivity index (χ4v) is 2.30. The summed E-state index contributed by atoms with van der Waals surface area (Å²) in [5.41, 5.74) is 0. The first kappa shape index (κ1) is 12.7. The van der Waals surface area contributed by atoms with Gasteiger partial charge in [-0.2, -0.15) is 0 Å². The van der Waals surface area contributed by atoms with Crippen molar-refractivity contribution < 1.29 is 18.3 Å². The molecular weight excluding hydrogens is 261 g/mol. The number of furan rings is 1. The lowest BCUT2D eigenvalue weighted by Crippen LogP contribution is -2.30. The van der Waals surface area contributed by atoms with Gasteiger partial charge in [0.05, 0.1) is 12.8 Å². The van der Waals surface area contributed by atoms with Crippen LogP contribution in [-0.2, 0) is 0 Å². The molecule has 5 heteroatoms. The molecule has 0 radical (unpaired) electrons. The van der Waals surface area contributed by atoms with Crippen LogP contribution in [0.2, 0.25) is 0 Å². The van der Waals surface area contributed by atoms with Crippen LogP contribution in [0.1, 0.15) is 17.0 Å². The summed E-state index contributed by atoms with van der Waals surface area (Å²) in [6.07, 6.45) is 2.09. The molecular formula is C15H14FNO3. The molecule has 0 aliphatic carbocycles. The number of carbonyl (C=O) groups excluding carboxylic acids is 1. The first-order valence-electron chi connectivity index (χ1n) is 6.47. The Kier molecular flexibility index (Phi) is 3.41. The van der Waals surface area contributed by atoms with Crippen molar-refractivity contribution in [3.05, 3.63) is 54.2 Å². The molecule has 1 amide bonds. The van der Waals surface area contributed by atoms with Crippen LogP contribution in [0.5, 0.6) is 5.75 Å². The molecule has 1 aromatic heterocycles. The molecule has 0 spiro atoms. The van der Waals surface area contributed by atoms with Gasteiger partial charge in [0.1, 0.15) is 17.7 Å². The van der Waals surface area contributed by atoms with Gasteiger partial charge in [-0.05, 0) is 24.3 Å². The number of carbonyl (C=O) groups is 1. The summed E-state index contributed by atoms with van der Waals surface area (Å²) in [5.74, 6) is 0.350. The SMILES string of the molecule is O=C(c1ccco1)N1CCC(Oc2cccc(F)c2)C1. The summed E-state index contributed by atoms with van der Waals surface area (Å²) in [4.78, 5) is 13.8. The smallest absolute Gasteiger partial charge is 0.289 e. The van der Waals surface area contributed by atoms with Gasteiger partial charge in [0.2, 0.25) is 0 Å². The van der Waals surface area contributed by atoms with Crippen LogP contribution in [0.4, 0.5) is 4.39 Å². The van der Waals surface area contributed by atoms with Gasteiger partial charge in [0, 0.05) is 19.0 Å². The number of rotatable bonds is 3. The molecule has 1 aliphatic rings. The van der Waals surface area contributed by atoms with E-state index in [1.807, 2.05) is 0 Å². The van der Waals surface area contributed by atoms with Crippen LogP contribution < -0.4 is 4.74 Å². The van der Waals surface area contributed by atoms with Gasteiger partial charge in [0.15, 0.2) is 5.76 Å². The van der Waals surface area contributed by atoms with E-state index in [0.29, 0.717) is 24.6 Å². The zero-order valence-corrected chi connectivity index (χ0v) is 10.8. The van der Waals surface area contributed by atoms with Crippen molar-refractivity contribution in [2.45, 2.75) is 12.5 Å². The van der Waals surface area contributed by atoms with E-state index in [2.05, 4.69) is 0 Å². The van der Waals surface area contributed by atoms with Gasteiger partial charge >= 0.3 is 0 Å². The highest BCUT2D eigenvalue weighted by molar-refractivity contribution is 5.91. The van der Waals surface area contributed by atoms with Crippen LogP contribution in [0, 0.1) is 5.82 Å². The topological polar surface area (TPSA) is 42.7 Å². The molecule has 1 fully saturated rings. The Morgan fingerprint density at radius 2 is 2.25 bits per heavy atom. The van der Waals surface area contributed by atoms with Crippen LogP contribution in [0.25, 0.3) is 0 Å². The summed E-state index contributed by atoms with van der Waals surface area (Å²) in [5, 5.41) is 0. The van der Waals surface area contributed by atoms with Gasteiger partial charge in [-0.25, -0.2) is 4.39 Å². The van der Waals surface area contributed by atoms with E-state index in [-0.39, 0.29) is 17.8 Å². The minimum atomic E-state index is -0.330. The van der Waals surface area contributed by atoms with Gasteiger partial charge in [-0.1, -0.05) is 6.07 Å². The quantitative estimate of drug-likeness (QED) is 0.865. The second kappa shape index (κ2) is 5.36. The second-order valence-electron chi connectivity index (χ2n) is 4.71. The van der Waals surface area contributed by atoms with Crippen LogP contribution in [0.15, 0.2) is 47.1 Å². The van der Waals surface area contributed by atoms with Gasteiger partial charge < -0.3 is 14.1 Å². The van der Waals surface area contributed by atoms with E-state index in [1.54, 1.807) is 29.2 Å². The second-order valence-corrected chi connectivity index (χ2v) is 4.71. The van der Waals surface area contributed by atoms with Crippen molar-refractivity contribution >= 4 is 5.91 Å². The first-order chi connectivity index (χ1) is 9.72. The predicted molar refractivity (Wildman–Crippen MR) is 70.0 cm³/mol. The predicted octanol–water partition coefficient (Wildman–Crippen LogP) is 2.71. The molecule has 1 saturated heterocycles. The average Bonchev–Trinajstić information content (AvgIpc) is 3.09. The Bertz CT molecular complexity index is 597. The Labute approximate surface area is 115 Å². The first-order valence-corrected chi connectivity index (χ1v) is 6.47. The van der Waals surface area contributed by atoms with E-state index < -0.39 is 0 Å². The Morgan fingerprint density at radius 1 is 1.35 bits per heavy atom. The molecule has 0 saturated carbocycles. The van der Waals surface area contributed by atoms with E-state index in [9.17, 15) is 9.18 Å². The molecule has 20 heavy (non-hydrogen) atoms. The lowest BCUT2D eigenvalue weighted by atomic mass is 10.3. The minimum absolute atomic E-state index is 0.115. The van der Waals surface area contributed by atoms with Crippen LogP contribution in [0.3, 0.4) is 0 Å². The summed E-state index contributed by atoms with van der Waals surface area (Å²) in [7, 11) is 0. The third-order valence-electron chi connectivity index (χ3n) is 3.26. The number of hydrogen-bond acceptors (Lipinski definition) is 3. The Hall–Kier alpha value is -2.30. The van der Waals surface area contributed by atoms with E-state index in [4.69, 9.17) is 9.15 Å². The maximum atomic E-state index is 13.1. The summed E-state index contributed by atoms with van der Waals surface area (Å²) >= 11 is 0. The third kappa shape index (κ3) is 2.66. The highest BCUT2D eigenvalue weighted by atomic mass is 19.1. The maximum absolute atomic E-state index is 13.1. The van der Waals surface area contributed by atoms with E-state index in [1.165, 1.54) is 18.4 Å². The van der Waals surface area contributed by atoms with Gasteiger partial charge in [0.25, 0.3) is 5.91 Å². The standard InChI is InChI=1S/C15H14FNO3/c16-11-3-1-4-12(9-11)20-13-6-7-17(10-13)15(18)14-5-2-8-19-14/h1-5,8-9,13H,6-7,10H2. The van der Waals surface area contributed by atoms with Crippen molar-refractivity contribution in [2.24, 2.45) is 0 Å². The highest BCUT2D eigenvalue weighted by Crippen LogP contribution is 2.20. The van der Waals surface area contributed by atoms with Crippen molar-refractivity contribution in [2.75, 3.05) is 13.1 Å². The largest absolute Gasteiger partial charge is 0.488 e. The monoisotopic (exact) mass is 275 g/mol. The molecule has 104 valence electrons. The highest BCUT2D eigenvalue weighted by Gasteiger charge is 2.29. The number of likely N-dealkylation sites (tertiary alicyclic amines) is 1. The van der Waals surface area contributed by atoms with E-state index in [0.717, 1.165) is 6.42 Å². The van der Waals surface area contributed by atoms with Crippen molar-refractivity contribution in [3.63, 3.8) is 0 Å². The maximum Gasteiger partial charge on any atom is 0.289 e. The summed E-state index contributed by atoms with van der Waals surface area (Å²) in [6.45, 7) is 1.09. The minimum Gasteiger partial charge on any atom is -0.488 e. The van der Waals surface area contributed by atoms with E-state index >= 15 is 0 Å². The fourth-order valence-electron chi connectivity index (χ4n) is 2.30. The fraction of sp³-hybridized carbons (Fsp3) is 0.267. The van der Waals surface area contributed by atoms with Crippen molar-refractivity contribution in [1.29, 1.82) is 0 Å². The molecule has 1 aromatic carbocycles. The zero-order valence-electron chi connectivity index (χ0n) is 10.8. The van der Waals surface area contributed by atoms with Crippen molar-refractivity contribution in [3.8, 4) is 5.75 Å². The van der Waals surface area contributed by atoms with Gasteiger partial charge in [-0.3, -0.25) is 4.79 Å².